The zero-order valence-electron chi connectivity index (χ0n) is 19.3. The minimum absolute atomic E-state index is 0.0750. The van der Waals surface area contributed by atoms with Gasteiger partial charge in [0.05, 0.1) is 35.0 Å². The number of hydrogen-bond acceptors (Lipinski definition) is 8. The fraction of sp³-hybridized carbons (Fsp3) is 0.360. The first-order valence-electron chi connectivity index (χ1n) is 10.5. The number of methoxy groups -OCH3 is 4. The Kier molecular flexibility index (Phi) is 7.48. The molecule has 0 saturated heterocycles. The third-order valence-electron chi connectivity index (χ3n) is 5.67. The first-order chi connectivity index (χ1) is 15.9. The molecule has 0 bridgehead atoms. The van der Waals surface area contributed by atoms with Crippen molar-refractivity contribution in [1.82, 2.24) is 0 Å². The van der Waals surface area contributed by atoms with E-state index in [1.54, 1.807) is 31.2 Å². The summed E-state index contributed by atoms with van der Waals surface area (Å²) >= 11 is 0. The zero-order chi connectivity index (χ0) is 24.1. The molecule has 33 heavy (non-hydrogen) atoms. The molecule has 2 unspecified atom stereocenters. The summed E-state index contributed by atoms with van der Waals surface area (Å²) < 4.78 is 26.6. The Morgan fingerprint density at radius 2 is 1.61 bits per heavy atom. The summed E-state index contributed by atoms with van der Waals surface area (Å²) in [6, 6.07) is 8.37. The second-order valence-corrected chi connectivity index (χ2v) is 7.46. The topological polar surface area (TPSA) is 101 Å². The van der Waals surface area contributed by atoms with Crippen molar-refractivity contribution < 1.29 is 38.4 Å². The van der Waals surface area contributed by atoms with Crippen molar-refractivity contribution in [2.45, 2.75) is 19.3 Å². The van der Waals surface area contributed by atoms with Crippen LogP contribution in [0.1, 0.15) is 30.4 Å². The second-order valence-electron chi connectivity index (χ2n) is 7.46. The molecule has 8 nitrogen and oxygen atoms in total. The van der Waals surface area contributed by atoms with Crippen LogP contribution in [0, 0.1) is 5.92 Å². The fourth-order valence-corrected chi connectivity index (χ4v) is 4.10. The van der Waals surface area contributed by atoms with E-state index in [9.17, 15) is 14.7 Å². The van der Waals surface area contributed by atoms with E-state index < -0.39 is 17.8 Å². The molecule has 0 aromatic heterocycles. The van der Waals surface area contributed by atoms with Gasteiger partial charge in [0.15, 0.2) is 28.8 Å². The van der Waals surface area contributed by atoms with Gasteiger partial charge in [-0.3, -0.25) is 9.59 Å². The van der Waals surface area contributed by atoms with Gasteiger partial charge in [0, 0.05) is 5.92 Å². The molecular formula is C25H28O8. The van der Waals surface area contributed by atoms with Crippen LogP contribution in [0.4, 0.5) is 0 Å². The van der Waals surface area contributed by atoms with Crippen LogP contribution in [0.15, 0.2) is 36.4 Å². The van der Waals surface area contributed by atoms with E-state index in [0.29, 0.717) is 46.1 Å². The van der Waals surface area contributed by atoms with E-state index in [4.69, 9.17) is 23.7 Å². The van der Waals surface area contributed by atoms with E-state index in [-0.39, 0.29) is 18.1 Å². The van der Waals surface area contributed by atoms with Gasteiger partial charge in [-0.1, -0.05) is 6.07 Å². The SMILES string of the molecule is CCOC(=O)C1C(=O)C=C(c2cc(OC)c(OC)c(OC)c2)CC1c1ccc(OC)c(O)c1. The maximum absolute atomic E-state index is 13.2. The molecular weight excluding hydrogens is 428 g/mol. The highest BCUT2D eigenvalue weighted by Crippen LogP contribution is 2.45. The van der Waals surface area contributed by atoms with Crippen LogP contribution in [0.25, 0.3) is 5.57 Å². The minimum atomic E-state index is -1.02. The monoisotopic (exact) mass is 456 g/mol. The molecule has 1 aliphatic carbocycles. The Morgan fingerprint density at radius 1 is 0.970 bits per heavy atom. The number of phenolic OH excluding ortho intramolecular Hbond substituents is 1. The normalized spacial score (nSPS) is 17.7. The smallest absolute Gasteiger partial charge is 0.317 e. The molecule has 0 fully saturated rings. The molecule has 1 aliphatic rings. The zero-order valence-corrected chi connectivity index (χ0v) is 19.3. The predicted octanol–water partition coefficient (Wildman–Crippen LogP) is 3.75. The highest BCUT2D eigenvalue weighted by atomic mass is 16.5. The van der Waals surface area contributed by atoms with Gasteiger partial charge >= 0.3 is 5.97 Å². The molecule has 0 amide bonds. The number of benzene rings is 2. The molecule has 0 aliphatic heterocycles. The van der Waals surface area contributed by atoms with Crippen molar-refractivity contribution in [1.29, 1.82) is 0 Å². The number of aromatic hydroxyl groups is 1. The summed E-state index contributed by atoms with van der Waals surface area (Å²) in [5.41, 5.74) is 2.01. The van der Waals surface area contributed by atoms with E-state index in [1.807, 2.05) is 0 Å². The fourth-order valence-electron chi connectivity index (χ4n) is 4.10. The van der Waals surface area contributed by atoms with E-state index >= 15 is 0 Å². The molecule has 0 radical (unpaired) electrons. The number of carbonyl (C=O) groups excluding carboxylic acids is 2. The molecule has 2 aromatic rings. The Labute approximate surface area is 192 Å². The van der Waals surface area contributed by atoms with Crippen molar-refractivity contribution in [2.24, 2.45) is 5.92 Å². The quantitative estimate of drug-likeness (QED) is 0.474. The summed E-state index contributed by atoms with van der Waals surface area (Å²) in [4.78, 5) is 25.9. The van der Waals surface area contributed by atoms with E-state index in [1.165, 1.54) is 40.6 Å². The van der Waals surface area contributed by atoms with Gasteiger partial charge in [-0.25, -0.2) is 0 Å². The summed E-state index contributed by atoms with van der Waals surface area (Å²) in [5, 5.41) is 10.3. The highest BCUT2D eigenvalue weighted by molar-refractivity contribution is 6.10. The van der Waals surface area contributed by atoms with Crippen molar-refractivity contribution in [2.75, 3.05) is 35.0 Å². The van der Waals surface area contributed by atoms with Gasteiger partial charge in [0.2, 0.25) is 5.75 Å². The van der Waals surface area contributed by atoms with Gasteiger partial charge in [-0.15, -0.1) is 0 Å². The average molecular weight is 456 g/mol. The van der Waals surface area contributed by atoms with Gasteiger partial charge in [0.25, 0.3) is 0 Å². The van der Waals surface area contributed by atoms with Crippen LogP contribution in [-0.2, 0) is 14.3 Å². The van der Waals surface area contributed by atoms with Gasteiger partial charge in [0.1, 0.15) is 5.92 Å². The van der Waals surface area contributed by atoms with Crippen molar-refractivity contribution in [3.8, 4) is 28.7 Å². The molecule has 0 saturated carbocycles. The summed E-state index contributed by atoms with van der Waals surface area (Å²) in [6.45, 7) is 1.85. The molecule has 8 heteroatoms. The number of carbonyl (C=O) groups is 2. The number of rotatable bonds is 8. The van der Waals surface area contributed by atoms with Crippen molar-refractivity contribution in [3.63, 3.8) is 0 Å². The Bertz CT molecular complexity index is 1050. The minimum Gasteiger partial charge on any atom is -0.504 e. The Balaban J connectivity index is 2.11. The predicted molar refractivity (Wildman–Crippen MR) is 121 cm³/mol. The lowest BCUT2D eigenvalue weighted by molar-refractivity contribution is -0.151. The van der Waals surface area contributed by atoms with Gasteiger partial charge < -0.3 is 28.8 Å². The molecule has 0 spiro atoms. The van der Waals surface area contributed by atoms with Gasteiger partial charge in [-0.2, -0.15) is 0 Å². The van der Waals surface area contributed by atoms with Crippen LogP contribution in [0.3, 0.4) is 0 Å². The van der Waals surface area contributed by atoms with Crippen molar-refractivity contribution in [3.05, 3.63) is 47.5 Å². The third kappa shape index (κ3) is 4.74. The number of allylic oxidation sites excluding steroid dienone is 2. The number of ketones is 1. The third-order valence-corrected chi connectivity index (χ3v) is 5.67. The summed E-state index contributed by atoms with van der Waals surface area (Å²) in [6.07, 6.45) is 1.81. The molecule has 0 heterocycles. The van der Waals surface area contributed by atoms with Crippen LogP contribution < -0.4 is 18.9 Å². The molecule has 176 valence electrons. The summed E-state index contributed by atoms with van der Waals surface area (Å²) in [7, 11) is 5.99. The standard InChI is InChI=1S/C25H28O8/c1-6-33-25(28)23-17(14-7-8-20(29-2)18(26)10-14)9-15(11-19(23)27)16-12-21(30-3)24(32-5)22(13-16)31-4/h7-8,10-13,17,23,26H,6,9H2,1-5H3. The highest BCUT2D eigenvalue weighted by Gasteiger charge is 2.40. The summed E-state index contributed by atoms with van der Waals surface area (Å²) in [5.74, 6) is -0.976. The van der Waals surface area contributed by atoms with Gasteiger partial charge in [-0.05, 0) is 60.4 Å². The molecule has 2 aromatic carbocycles. The molecule has 3 rings (SSSR count). The lowest BCUT2D eigenvalue weighted by Gasteiger charge is -2.30. The van der Waals surface area contributed by atoms with Crippen LogP contribution in [0.5, 0.6) is 28.7 Å². The van der Waals surface area contributed by atoms with Crippen LogP contribution >= 0.6 is 0 Å². The first-order valence-corrected chi connectivity index (χ1v) is 10.5. The Morgan fingerprint density at radius 3 is 2.12 bits per heavy atom. The lowest BCUT2D eigenvalue weighted by atomic mass is 9.73. The maximum Gasteiger partial charge on any atom is 0.317 e. The first kappa shape index (κ1) is 24.0. The van der Waals surface area contributed by atoms with Crippen LogP contribution in [-0.4, -0.2) is 51.9 Å². The second kappa shape index (κ2) is 10.3. The number of ether oxygens (including phenoxy) is 5. The van der Waals surface area contributed by atoms with Crippen LogP contribution in [0.2, 0.25) is 0 Å². The number of hydrogen-bond donors (Lipinski definition) is 1. The lowest BCUT2D eigenvalue weighted by Crippen LogP contribution is -2.34. The molecule has 1 N–H and O–H groups in total. The molecule has 2 atom stereocenters. The number of phenols is 1. The van der Waals surface area contributed by atoms with Crippen molar-refractivity contribution >= 4 is 17.3 Å². The maximum atomic E-state index is 13.2. The number of esters is 1. The largest absolute Gasteiger partial charge is 0.504 e. The van der Waals surface area contributed by atoms with E-state index in [0.717, 1.165) is 0 Å². The Hall–Kier alpha value is -3.68. The van der Waals surface area contributed by atoms with E-state index in [2.05, 4.69) is 0 Å². The average Bonchev–Trinajstić information content (AvgIpc) is 2.82.